The van der Waals surface area contributed by atoms with E-state index in [1.165, 1.54) is 12.8 Å². The average molecular weight is 278 g/mol. The van der Waals surface area contributed by atoms with E-state index in [4.69, 9.17) is 15.2 Å². The number of nitrogens with two attached hydrogens (primary N) is 1. The lowest BCUT2D eigenvalue weighted by Crippen LogP contribution is -2.36. The van der Waals surface area contributed by atoms with Crippen LogP contribution in [-0.2, 0) is 11.3 Å². The van der Waals surface area contributed by atoms with Crippen LogP contribution in [0.1, 0.15) is 31.2 Å². The Morgan fingerprint density at radius 3 is 2.75 bits per heavy atom. The van der Waals surface area contributed by atoms with Gasteiger partial charge in [-0.3, -0.25) is 4.79 Å². The summed E-state index contributed by atoms with van der Waals surface area (Å²) in [6.07, 6.45) is 4.52. The van der Waals surface area contributed by atoms with E-state index in [2.05, 4.69) is 5.32 Å². The molecule has 1 amide bonds. The fourth-order valence-electron chi connectivity index (χ4n) is 2.44. The normalized spacial score (nSPS) is 15.1. The fraction of sp³-hybridized carbons (Fsp3) is 0.533. The molecule has 0 aromatic heterocycles. The maximum absolute atomic E-state index is 11.8. The number of hydrogen-bond acceptors (Lipinski definition) is 4. The summed E-state index contributed by atoms with van der Waals surface area (Å²) in [4.78, 5) is 11.8. The predicted molar refractivity (Wildman–Crippen MR) is 76.8 cm³/mol. The van der Waals surface area contributed by atoms with E-state index in [0.29, 0.717) is 24.1 Å². The van der Waals surface area contributed by atoms with Gasteiger partial charge < -0.3 is 20.5 Å². The standard InChI is InChI=1S/C15H22N2O3/c1-19-13-7-6-11(9-16)8-14(13)20-10-15(18)17-12-4-2-3-5-12/h6-8,12H,2-5,9-10,16H2,1H3,(H,17,18). The van der Waals surface area contributed by atoms with Crippen LogP contribution in [0, 0.1) is 0 Å². The van der Waals surface area contributed by atoms with Gasteiger partial charge in [0.25, 0.3) is 5.91 Å². The van der Waals surface area contributed by atoms with Gasteiger partial charge in [-0.1, -0.05) is 18.9 Å². The molecule has 1 aliphatic carbocycles. The molecule has 1 aromatic rings. The second kappa shape index (κ2) is 7.14. The van der Waals surface area contributed by atoms with Crippen molar-refractivity contribution in [1.29, 1.82) is 0 Å². The second-order valence-corrected chi connectivity index (χ2v) is 5.03. The first kappa shape index (κ1) is 14.7. The highest BCUT2D eigenvalue weighted by molar-refractivity contribution is 5.78. The van der Waals surface area contributed by atoms with Crippen LogP contribution >= 0.6 is 0 Å². The zero-order valence-electron chi connectivity index (χ0n) is 11.9. The summed E-state index contributed by atoms with van der Waals surface area (Å²) in [6.45, 7) is 0.426. The second-order valence-electron chi connectivity index (χ2n) is 5.03. The number of ether oxygens (including phenoxy) is 2. The molecule has 0 heterocycles. The molecule has 0 aliphatic heterocycles. The summed E-state index contributed by atoms with van der Waals surface area (Å²) >= 11 is 0. The summed E-state index contributed by atoms with van der Waals surface area (Å²) < 4.78 is 10.8. The van der Waals surface area contributed by atoms with E-state index in [9.17, 15) is 4.79 Å². The fourth-order valence-corrected chi connectivity index (χ4v) is 2.44. The molecule has 0 atom stereocenters. The maximum Gasteiger partial charge on any atom is 0.258 e. The Morgan fingerprint density at radius 1 is 1.35 bits per heavy atom. The summed E-state index contributed by atoms with van der Waals surface area (Å²) in [6, 6.07) is 5.79. The molecule has 1 aliphatic rings. The molecule has 20 heavy (non-hydrogen) atoms. The van der Waals surface area contributed by atoms with Gasteiger partial charge in [0.15, 0.2) is 18.1 Å². The summed E-state index contributed by atoms with van der Waals surface area (Å²) in [7, 11) is 1.57. The van der Waals surface area contributed by atoms with Crippen LogP contribution in [0.15, 0.2) is 18.2 Å². The van der Waals surface area contributed by atoms with E-state index in [1.807, 2.05) is 12.1 Å². The van der Waals surface area contributed by atoms with Gasteiger partial charge in [0, 0.05) is 12.6 Å². The van der Waals surface area contributed by atoms with Gasteiger partial charge in [0.2, 0.25) is 0 Å². The van der Waals surface area contributed by atoms with Crippen molar-refractivity contribution in [2.75, 3.05) is 13.7 Å². The largest absolute Gasteiger partial charge is 0.493 e. The van der Waals surface area contributed by atoms with Crippen LogP contribution in [0.2, 0.25) is 0 Å². The molecule has 1 saturated carbocycles. The van der Waals surface area contributed by atoms with Gasteiger partial charge in [0.1, 0.15) is 0 Å². The zero-order chi connectivity index (χ0) is 14.4. The molecule has 110 valence electrons. The van der Waals surface area contributed by atoms with Crippen LogP contribution in [-0.4, -0.2) is 25.7 Å². The van der Waals surface area contributed by atoms with Gasteiger partial charge in [0.05, 0.1) is 7.11 Å². The van der Waals surface area contributed by atoms with Crippen LogP contribution in [0.3, 0.4) is 0 Å². The molecule has 0 spiro atoms. The van der Waals surface area contributed by atoms with Gasteiger partial charge >= 0.3 is 0 Å². The van der Waals surface area contributed by atoms with Crippen molar-refractivity contribution in [3.05, 3.63) is 23.8 Å². The highest BCUT2D eigenvalue weighted by atomic mass is 16.5. The van der Waals surface area contributed by atoms with Crippen LogP contribution in [0.4, 0.5) is 0 Å². The van der Waals surface area contributed by atoms with E-state index < -0.39 is 0 Å². The molecule has 1 fully saturated rings. The average Bonchev–Trinajstić information content (AvgIpc) is 2.97. The number of carbonyl (C=O) groups is 1. The Bertz CT molecular complexity index is 456. The lowest BCUT2D eigenvalue weighted by Gasteiger charge is -2.14. The first-order chi connectivity index (χ1) is 9.72. The number of carbonyl (C=O) groups excluding carboxylic acids is 1. The summed E-state index contributed by atoms with van der Waals surface area (Å²) in [5, 5.41) is 2.99. The van der Waals surface area contributed by atoms with Crippen LogP contribution in [0.25, 0.3) is 0 Å². The molecular formula is C15H22N2O3. The molecule has 2 rings (SSSR count). The molecule has 1 aromatic carbocycles. The summed E-state index contributed by atoms with van der Waals surface area (Å²) in [5.74, 6) is 1.07. The van der Waals surface area contributed by atoms with Crippen molar-refractivity contribution in [2.45, 2.75) is 38.3 Å². The van der Waals surface area contributed by atoms with Gasteiger partial charge in [-0.2, -0.15) is 0 Å². The lowest BCUT2D eigenvalue weighted by atomic mass is 10.2. The molecule has 5 heteroatoms. The third-order valence-corrected chi connectivity index (χ3v) is 3.54. The minimum atomic E-state index is -0.0860. The topological polar surface area (TPSA) is 73.6 Å². The Morgan fingerprint density at radius 2 is 2.10 bits per heavy atom. The van der Waals surface area contributed by atoms with Crippen molar-refractivity contribution in [3.63, 3.8) is 0 Å². The molecule has 0 unspecified atom stereocenters. The number of amides is 1. The van der Waals surface area contributed by atoms with Crippen LogP contribution < -0.4 is 20.5 Å². The summed E-state index contributed by atoms with van der Waals surface area (Å²) in [5.41, 5.74) is 6.54. The molecule has 3 N–H and O–H groups in total. The van der Waals surface area contributed by atoms with E-state index in [-0.39, 0.29) is 12.5 Å². The third kappa shape index (κ3) is 3.87. The molecule has 0 saturated heterocycles. The number of nitrogens with one attached hydrogen (secondary N) is 1. The van der Waals surface area contributed by atoms with Crippen molar-refractivity contribution >= 4 is 5.91 Å². The number of hydrogen-bond donors (Lipinski definition) is 2. The first-order valence-electron chi connectivity index (χ1n) is 7.02. The maximum atomic E-state index is 11.8. The molecular weight excluding hydrogens is 256 g/mol. The molecule has 0 bridgehead atoms. The SMILES string of the molecule is COc1ccc(CN)cc1OCC(=O)NC1CCCC1. The van der Waals surface area contributed by atoms with Gasteiger partial charge in [-0.05, 0) is 30.5 Å². The highest BCUT2D eigenvalue weighted by Crippen LogP contribution is 2.27. The third-order valence-electron chi connectivity index (χ3n) is 3.54. The lowest BCUT2D eigenvalue weighted by molar-refractivity contribution is -0.123. The first-order valence-corrected chi connectivity index (χ1v) is 7.02. The van der Waals surface area contributed by atoms with Crippen molar-refractivity contribution in [3.8, 4) is 11.5 Å². The Balaban J connectivity index is 1.90. The molecule has 5 nitrogen and oxygen atoms in total. The quantitative estimate of drug-likeness (QED) is 0.829. The zero-order valence-corrected chi connectivity index (χ0v) is 11.9. The van der Waals surface area contributed by atoms with Crippen molar-refractivity contribution in [1.82, 2.24) is 5.32 Å². The smallest absolute Gasteiger partial charge is 0.258 e. The molecule has 0 radical (unpaired) electrons. The Kier molecular flexibility index (Phi) is 5.24. The minimum Gasteiger partial charge on any atom is -0.493 e. The van der Waals surface area contributed by atoms with Crippen LogP contribution in [0.5, 0.6) is 11.5 Å². The van der Waals surface area contributed by atoms with E-state index in [1.54, 1.807) is 13.2 Å². The van der Waals surface area contributed by atoms with E-state index >= 15 is 0 Å². The predicted octanol–water partition coefficient (Wildman–Crippen LogP) is 1.59. The monoisotopic (exact) mass is 278 g/mol. The number of rotatable bonds is 6. The number of benzene rings is 1. The van der Waals surface area contributed by atoms with Crippen molar-refractivity contribution in [2.24, 2.45) is 5.73 Å². The number of methoxy groups -OCH3 is 1. The van der Waals surface area contributed by atoms with Gasteiger partial charge in [-0.15, -0.1) is 0 Å². The van der Waals surface area contributed by atoms with Gasteiger partial charge in [-0.25, -0.2) is 0 Å². The Hall–Kier alpha value is -1.75. The van der Waals surface area contributed by atoms with E-state index in [0.717, 1.165) is 18.4 Å². The Labute approximate surface area is 119 Å². The van der Waals surface area contributed by atoms with Crippen molar-refractivity contribution < 1.29 is 14.3 Å². The highest BCUT2D eigenvalue weighted by Gasteiger charge is 2.17. The minimum absolute atomic E-state index is 0.000878.